The highest BCUT2D eigenvalue weighted by atomic mass is 15.2. The lowest BCUT2D eigenvalue weighted by Crippen LogP contribution is -2.48. The third kappa shape index (κ3) is 1.88. The first-order valence-electron chi connectivity index (χ1n) is 6.08. The molecule has 2 rings (SSSR count). The molecule has 0 radical (unpaired) electrons. The van der Waals surface area contributed by atoms with Gasteiger partial charge in [0.05, 0.1) is 0 Å². The van der Waals surface area contributed by atoms with Crippen LogP contribution in [0.3, 0.4) is 0 Å². The maximum atomic E-state index is 4.11. The van der Waals surface area contributed by atoms with E-state index in [2.05, 4.69) is 25.3 Å². The summed E-state index contributed by atoms with van der Waals surface area (Å²) >= 11 is 0. The molecule has 0 spiro atoms. The van der Waals surface area contributed by atoms with Crippen LogP contribution in [-0.4, -0.2) is 24.0 Å². The molecule has 0 unspecified atom stereocenters. The summed E-state index contributed by atoms with van der Waals surface area (Å²) in [6.45, 7) is 11.3. The summed E-state index contributed by atoms with van der Waals surface area (Å²) in [6.07, 6.45) is 5.70. The summed E-state index contributed by atoms with van der Waals surface area (Å²) in [5.41, 5.74) is 1.39. The smallest absolute Gasteiger partial charge is 0.00953 e. The number of piperidine rings is 1. The molecule has 2 fully saturated rings. The highest BCUT2D eigenvalue weighted by Crippen LogP contribution is 2.33. The zero-order chi connectivity index (χ0) is 10.1. The molecule has 0 aromatic heterocycles. The Labute approximate surface area is 88.2 Å². The van der Waals surface area contributed by atoms with E-state index in [0.717, 1.165) is 17.9 Å². The highest BCUT2D eigenvalue weighted by molar-refractivity contribution is 5.01. The van der Waals surface area contributed by atoms with E-state index < -0.39 is 0 Å². The lowest BCUT2D eigenvalue weighted by atomic mass is 9.80. The van der Waals surface area contributed by atoms with Gasteiger partial charge in [0.25, 0.3) is 0 Å². The van der Waals surface area contributed by atoms with E-state index in [1.165, 1.54) is 44.3 Å². The molecule has 1 aliphatic heterocycles. The van der Waals surface area contributed by atoms with Crippen molar-refractivity contribution in [2.24, 2.45) is 11.8 Å². The molecule has 14 heavy (non-hydrogen) atoms. The van der Waals surface area contributed by atoms with Crippen LogP contribution in [0.15, 0.2) is 12.2 Å². The normalized spacial score (nSPS) is 35.3. The fourth-order valence-corrected chi connectivity index (χ4v) is 2.99. The maximum Gasteiger partial charge on any atom is 0.00953 e. The number of nitrogens with zero attached hydrogens (tertiary/aromatic N) is 1. The van der Waals surface area contributed by atoms with Crippen LogP contribution in [0.2, 0.25) is 0 Å². The molecule has 1 heterocycles. The molecule has 0 N–H and O–H groups in total. The maximum absolute atomic E-state index is 4.11. The van der Waals surface area contributed by atoms with Gasteiger partial charge in [0.15, 0.2) is 0 Å². The molecule has 1 nitrogen and oxygen atoms in total. The van der Waals surface area contributed by atoms with Gasteiger partial charge in [0, 0.05) is 12.6 Å². The second-order valence-corrected chi connectivity index (χ2v) is 5.30. The van der Waals surface area contributed by atoms with Gasteiger partial charge in [0.1, 0.15) is 0 Å². The van der Waals surface area contributed by atoms with Gasteiger partial charge in [-0.2, -0.15) is 0 Å². The molecule has 2 atom stereocenters. The van der Waals surface area contributed by atoms with Gasteiger partial charge in [-0.3, -0.25) is 0 Å². The van der Waals surface area contributed by atoms with E-state index in [9.17, 15) is 0 Å². The quantitative estimate of drug-likeness (QED) is 0.609. The van der Waals surface area contributed by atoms with Crippen molar-refractivity contribution in [3.05, 3.63) is 12.2 Å². The first-order valence-corrected chi connectivity index (χ1v) is 6.08. The van der Waals surface area contributed by atoms with E-state index in [0.29, 0.717) is 0 Å². The Morgan fingerprint density at radius 3 is 2.43 bits per heavy atom. The third-order valence-corrected chi connectivity index (χ3v) is 4.16. The van der Waals surface area contributed by atoms with Crippen molar-refractivity contribution in [3.63, 3.8) is 0 Å². The molecule has 0 bridgehead atoms. The Hall–Kier alpha value is -0.300. The standard InChI is InChI=1S/C13H23N/c1-10(2)13-7-8-14(9-11(13)3)12-5-4-6-12/h11-13H,1,4-9H2,2-3H3/t11-,13-/m1/s1. The van der Waals surface area contributed by atoms with E-state index >= 15 is 0 Å². The molecule has 1 saturated heterocycles. The zero-order valence-corrected chi connectivity index (χ0v) is 9.63. The fraction of sp³-hybridized carbons (Fsp3) is 0.846. The highest BCUT2D eigenvalue weighted by Gasteiger charge is 2.32. The number of hydrogen-bond donors (Lipinski definition) is 0. The van der Waals surface area contributed by atoms with Crippen LogP contribution in [-0.2, 0) is 0 Å². The van der Waals surface area contributed by atoms with Crippen molar-refractivity contribution in [1.82, 2.24) is 4.90 Å². The molecule has 2 aliphatic rings. The Kier molecular flexibility index (Phi) is 2.96. The largest absolute Gasteiger partial charge is 0.300 e. The van der Waals surface area contributed by atoms with Gasteiger partial charge in [-0.25, -0.2) is 0 Å². The zero-order valence-electron chi connectivity index (χ0n) is 9.63. The summed E-state index contributed by atoms with van der Waals surface area (Å²) in [4.78, 5) is 2.72. The van der Waals surface area contributed by atoms with Crippen molar-refractivity contribution in [3.8, 4) is 0 Å². The lowest BCUT2D eigenvalue weighted by Gasteiger charge is -2.44. The lowest BCUT2D eigenvalue weighted by molar-refractivity contribution is 0.0623. The Morgan fingerprint density at radius 1 is 1.29 bits per heavy atom. The molecule has 0 amide bonds. The predicted molar refractivity (Wildman–Crippen MR) is 61.3 cm³/mol. The SMILES string of the molecule is C=C(C)[C@H]1CCN(C2CCC2)C[C@H]1C. The topological polar surface area (TPSA) is 3.24 Å². The van der Waals surface area contributed by atoms with Gasteiger partial charge in [-0.15, -0.1) is 0 Å². The van der Waals surface area contributed by atoms with Crippen LogP contribution in [0.5, 0.6) is 0 Å². The Balaban J connectivity index is 1.88. The van der Waals surface area contributed by atoms with Gasteiger partial charge in [-0.05, 0) is 44.6 Å². The molecule has 1 aliphatic carbocycles. The molecule has 1 heteroatoms. The Morgan fingerprint density at radius 2 is 2.00 bits per heavy atom. The molecular weight excluding hydrogens is 170 g/mol. The minimum Gasteiger partial charge on any atom is -0.300 e. The van der Waals surface area contributed by atoms with Crippen molar-refractivity contribution < 1.29 is 0 Å². The van der Waals surface area contributed by atoms with E-state index in [1.54, 1.807) is 0 Å². The number of likely N-dealkylation sites (tertiary alicyclic amines) is 1. The second-order valence-electron chi connectivity index (χ2n) is 5.30. The van der Waals surface area contributed by atoms with Gasteiger partial charge in [-0.1, -0.05) is 25.5 Å². The van der Waals surface area contributed by atoms with Crippen LogP contribution in [0.1, 0.15) is 39.5 Å². The summed E-state index contributed by atoms with van der Waals surface area (Å²) < 4.78 is 0. The minimum absolute atomic E-state index is 0.784. The van der Waals surface area contributed by atoms with Crippen molar-refractivity contribution >= 4 is 0 Å². The van der Waals surface area contributed by atoms with Crippen molar-refractivity contribution in [2.75, 3.05) is 13.1 Å². The molecule has 80 valence electrons. The van der Waals surface area contributed by atoms with Crippen LogP contribution >= 0.6 is 0 Å². The van der Waals surface area contributed by atoms with Crippen LogP contribution < -0.4 is 0 Å². The number of rotatable bonds is 2. The number of allylic oxidation sites excluding steroid dienone is 1. The summed E-state index contributed by atoms with van der Waals surface area (Å²) in [5.74, 6) is 1.60. The van der Waals surface area contributed by atoms with E-state index in [1.807, 2.05) is 0 Å². The average Bonchev–Trinajstić information content (AvgIpc) is 2.00. The fourth-order valence-electron chi connectivity index (χ4n) is 2.99. The minimum atomic E-state index is 0.784. The molecular formula is C13H23N. The van der Waals surface area contributed by atoms with Gasteiger partial charge < -0.3 is 4.90 Å². The average molecular weight is 193 g/mol. The van der Waals surface area contributed by atoms with Gasteiger partial charge in [0.2, 0.25) is 0 Å². The van der Waals surface area contributed by atoms with Crippen molar-refractivity contribution in [1.29, 1.82) is 0 Å². The van der Waals surface area contributed by atoms with Crippen LogP contribution in [0.4, 0.5) is 0 Å². The first-order chi connectivity index (χ1) is 6.68. The third-order valence-electron chi connectivity index (χ3n) is 4.16. The first kappa shape index (κ1) is 10.2. The molecule has 0 aromatic rings. The Bertz CT molecular complexity index is 217. The van der Waals surface area contributed by atoms with E-state index in [4.69, 9.17) is 0 Å². The van der Waals surface area contributed by atoms with Crippen LogP contribution in [0, 0.1) is 11.8 Å². The monoisotopic (exact) mass is 193 g/mol. The second kappa shape index (κ2) is 4.06. The number of hydrogen-bond acceptors (Lipinski definition) is 1. The molecule has 0 aromatic carbocycles. The molecule has 1 saturated carbocycles. The predicted octanol–water partition coefficient (Wildman–Crippen LogP) is 3.07. The van der Waals surface area contributed by atoms with Gasteiger partial charge >= 0.3 is 0 Å². The van der Waals surface area contributed by atoms with Crippen LogP contribution in [0.25, 0.3) is 0 Å². The summed E-state index contributed by atoms with van der Waals surface area (Å²) in [7, 11) is 0. The van der Waals surface area contributed by atoms with Crippen molar-refractivity contribution in [2.45, 2.75) is 45.6 Å². The summed E-state index contributed by atoms with van der Waals surface area (Å²) in [5, 5.41) is 0. The van der Waals surface area contributed by atoms with E-state index in [-0.39, 0.29) is 0 Å². The summed E-state index contributed by atoms with van der Waals surface area (Å²) in [6, 6.07) is 0.934.